The largest absolute Gasteiger partial charge is 0.478 e. The Morgan fingerprint density at radius 3 is 2.64 bits per heavy atom. The SMILES string of the molecule is N#Cc1ccc(COc2cc(N3CCN(Cc4nc5ccc(C(=O)O)cc5n4Cc4ncco4)CC3)ccn2)c(F)c1. The van der Waals surface area contributed by atoms with Crippen LogP contribution in [0.15, 0.2) is 71.6 Å². The van der Waals surface area contributed by atoms with Gasteiger partial charge in [-0.15, -0.1) is 0 Å². The summed E-state index contributed by atoms with van der Waals surface area (Å²) in [6.07, 6.45) is 4.76. The first-order chi connectivity index (χ1) is 20.5. The van der Waals surface area contributed by atoms with Crippen molar-refractivity contribution in [3.63, 3.8) is 0 Å². The molecule has 0 unspecified atom stereocenters. The second kappa shape index (κ2) is 11.7. The van der Waals surface area contributed by atoms with Crippen LogP contribution in [0.1, 0.15) is 33.2 Å². The van der Waals surface area contributed by atoms with E-state index in [-0.39, 0.29) is 17.7 Å². The molecule has 0 aliphatic carbocycles. The van der Waals surface area contributed by atoms with Crippen molar-refractivity contribution in [2.75, 3.05) is 31.1 Å². The van der Waals surface area contributed by atoms with Gasteiger partial charge in [0.15, 0.2) is 0 Å². The highest BCUT2D eigenvalue weighted by molar-refractivity contribution is 5.92. The van der Waals surface area contributed by atoms with E-state index in [1.165, 1.54) is 12.3 Å². The maximum absolute atomic E-state index is 14.2. The summed E-state index contributed by atoms with van der Waals surface area (Å²) in [5.41, 5.74) is 3.19. The smallest absolute Gasteiger partial charge is 0.335 e. The predicted molar refractivity (Wildman–Crippen MR) is 149 cm³/mol. The van der Waals surface area contributed by atoms with Gasteiger partial charge in [0.05, 0.1) is 41.0 Å². The number of ether oxygens (including phenoxy) is 1. The number of aromatic nitrogens is 4. The molecule has 42 heavy (non-hydrogen) atoms. The van der Waals surface area contributed by atoms with Crippen molar-refractivity contribution in [3.8, 4) is 11.9 Å². The van der Waals surface area contributed by atoms with Crippen molar-refractivity contribution in [1.82, 2.24) is 24.4 Å². The molecule has 1 fully saturated rings. The van der Waals surface area contributed by atoms with Gasteiger partial charge in [0.1, 0.15) is 31.1 Å². The van der Waals surface area contributed by atoms with Crippen LogP contribution in [-0.4, -0.2) is 61.7 Å². The Morgan fingerprint density at radius 1 is 1.05 bits per heavy atom. The second-order valence-corrected chi connectivity index (χ2v) is 9.87. The summed E-state index contributed by atoms with van der Waals surface area (Å²) in [5, 5.41) is 18.4. The maximum Gasteiger partial charge on any atom is 0.335 e. The summed E-state index contributed by atoms with van der Waals surface area (Å²) in [7, 11) is 0. The fraction of sp³-hybridized carbons (Fsp3) is 0.233. The first-order valence-corrected chi connectivity index (χ1v) is 13.3. The molecule has 12 heteroatoms. The number of nitriles is 1. The standard InChI is InChI=1S/C30H26FN7O4/c31-24-13-20(16-32)1-2-22(24)19-42-28-15-23(5-6-33-28)37-10-8-36(9-11-37)17-27-35-25-4-3-21(30(39)40)14-26(25)38(27)18-29-34-7-12-41-29/h1-7,12-15H,8-11,17-19H2,(H,39,40). The van der Waals surface area contributed by atoms with Gasteiger partial charge in [-0.2, -0.15) is 5.26 Å². The number of fused-ring (bicyclic) bond motifs is 1. The summed E-state index contributed by atoms with van der Waals surface area (Å²) >= 11 is 0. The van der Waals surface area contributed by atoms with Gasteiger partial charge in [-0.1, -0.05) is 6.07 Å². The molecular weight excluding hydrogens is 541 g/mol. The average molecular weight is 568 g/mol. The number of carbonyl (C=O) groups is 1. The number of halogens is 1. The van der Waals surface area contributed by atoms with Crippen molar-refractivity contribution in [2.45, 2.75) is 19.7 Å². The minimum Gasteiger partial charge on any atom is -0.478 e. The highest BCUT2D eigenvalue weighted by Gasteiger charge is 2.22. The summed E-state index contributed by atoms with van der Waals surface area (Å²) in [4.78, 5) is 29.5. The van der Waals surface area contributed by atoms with Crippen LogP contribution in [0, 0.1) is 17.1 Å². The van der Waals surface area contributed by atoms with Crippen LogP contribution < -0.4 is 9.64 Å². The van der Waals surface area contributed by atoms with Crippen molar-refractivity contribution in [2.24, 2.45) is 0 Å². The lowest BCUT2D eigenvalue weighted by Crippen LogP contribution is -2.46. The van der Waals surface area contributed by atoms with Crippen LogP contribution in [0.5, 0.6) is 5.88 Å². The molecule has 0 atom stereocenters. The Bertz CT molecular complexity index is 1770. The number of imidazole rings is 1. The number of benzene rings is 2. The fourth-order valence-corrected chi connectivity index (χ4v) is 4.99. The lowest BCUT2D eigenvalue weighted by molar-refractivity contribution is 0.0697. The van der Waals surface area contributed by atoms with Gasteiger partial charge in [-0.3, -0.25) is 4.90 Å². The lowest BCUT2D eigenvalue weighted by atomic mass is 10.1. The molecule has 6 rings (SSSR count). The number of aromatic carboxylic acids is 1. The Kier molecular flexibility index (Phi) is 7.49. The summed E-state index contributed by atoms with van der Waals surface area (Å²) in [6.45, 7) is 3.99. The number of anilines is 1. The average Bonchev–Trinajstić information content (AvgIpc) is 3.65. The summed E-state index contributed by atoms with van der Waals surface area (Å²) < 4.78 is 27.4. The van der Waals surface area contributed by atoms with Crippen molar-refractivity contribution in [1.29, 1.82) is 5.26 Å². The number of piperazine rings is 1. The maximum atomic E-state index is 14.2. The molecule has 1 saturated heterocycles. The quantitative estimate of drug-likeness (QED) is 0.278. The van der Waals surface area contributed by atoms with Gasteiger partial charge in [-0.05, 0) is 36.4 Å². The molecule has 0 amide bonds. The van der Waals surface area contributed by atoms with Crippen molar-refractivity contribution >= 4 is 22.7 Å². The first-order valence-electron chi connectivity index (χ1n) is 13.3. The second-order valence-electron chi connectivity index (χ2n) is 9.87. The summed E-state index contributed by atoms with van der Waals surface area (Å²) in [5.74, 6) is 0.217. The fourth-order valence-electron chi connectivity index (χ4n) is 4.99. The molecule has 11 nitrogen and oxygen atoms in total. The van der Waals surface area contributed by atoms with Crippen LogP contribution in [0.2, 0.25) is 0 Å². The van der Waals surface area contributed by atoms with E-state index >= 15 is 0 Å². The van der Waals surface area contributed by atoms with Crippen molar-refractivity contribution < 1.29 is 23.4 Å². The number of rotatable bonds is 9. The van der Waals surface area contributed by atoms with E-state index in [9.17, 15) is 14.3 Å². The van der Waals surface area contributed by atoms with Crippen LogP contribution in [0.25, 0.3) is 11.0 Å². The van der Waals surface area contributed by atoms with Crippen LogP contribution in [0.4, 0.5) is 10.1 Å². The molecule has 0 saturated carbocycles. The number of hydrogen-bond acceptors (Lipinski definition) is 9. The van der Waals surface area contributed by atoms with Gasteiger partial charge < -0.3 is 23.7 Å². The molecular formula is C30H26FN7O4. The van der Waals surface area contributed by atoms with E-state index in [0.29, 0.717) is 41.5 Å². The Labute approximate surface area is 240 Å². The molecule has 0 spiro atoms. The van der Waals surface area contributed by atoms with Gasteiger partial charge >= 0.3 is 5.97 Å². The molecule has 0 bridgehead atoms. The minimum absolute atomic E-state index is 0.00422. The van der Waals surface area contributed by atoms with Crippen molar-refractivity contribution in [3.05, 3.63) is 101 Å². The number of oxazole rings is 1. The molecule has 1 N–H and O–H groups in total. The number of hydrogen-bond donors (Lipinski definition) is 1. The van der Waals surface area contributed by atoms with Gasteiger partial charge in [0.25, 0.3) is 0 Å². The van der Waals surface area contributed by atoms with Gasteiger partial charge in [-0.25, -0.2) is 24.1 Å². The Balaban J connectivity index is 1.12. The highest BCUT2D eigenvalue weighted by atomic mass is 19.1. The molecule has 1 aliphatic rings. The zero-order valence-corrected chi connectivity index (χ0v) is 22.5. The van der Waals surface area contributed by atoms with Gasteiger partial charge in [0.2, 0.25) is 11.8 Å². The zero-order valence-electron chi connectivity index (χ0n) is 22.5. The topological polar surface area (TPSA) is 134 Å². The van der Waals surface area contributed by atoms with E-state index in [0.717, 1.165) is 37.7 Å². The molecule has 1 aliphatic heterocycles. The third kappa shape index (κ3) is 5.77. The van der Waals surface area contributed by atoms with Crippen LogP contribution in [-0.2, 0) is 19.7 Å². The van der Waals surface area contributed by atoms with Crippen LogP contribution in [0.3, 0.4) is 0 Å². The highest BCUT2D eigenvalue weighted by Crippen LogP contribution is 2.24. The number of carboxylic acids is 1. The minimum atomic E-state index is -0.996. The number of pyridine rings is 1. The first kappa shape index (κ1) is 26.9. The lowest BCUT2D eigenvalue weighted by Gasteiger charge is -2.36. The third-order valence-electron chi connectivity index (χ3n) is 7.23. The van der Waals surface area contributed by atoms with Crippen LogP contribution >= 0.6 is 0 Å². The molecule has 3 aromatic heterocycles. The molecule has 212 valence electrons. The number of nitrogens with zero attached hydrogens (tertiary/aromatic N) is 7. The van der Waals surface area contributed by atoms with E-state index < -0.39 is 11.8 Å². The Hall–Kier alpha value is -5.28. The summed E-state index contributed by atoms with van der Waals surface area (Å²) in [6, 6.07) is 14.9. The third-order valence-corrected chi connectivity index (χ3v) is 7.23. The van der Waals surface area contributed by atoms with E-state index in [1.807, 2.05) is 22.8 Å². The van der Waals surface area contributed by atoms with Gasteiger partial charge in [0, 0.05) is 49.7 Å². The Morgan fingerprint density at radius 2 is 1.90 bits per heavy atom. The number of carboxylic acid groups (broad SMARTS) is 1. The molecule has 0 radical (unpaired) electrons. The molecule has 5 aromatic rings. The van der Waals surface area contributed by atoms with E-state index in [1.54, 1.807) is 42.7 Å². The predicted octanol–water partition coefficient (Wildman–Crippen LogP) is 4.08. The molecule has 4 heterocycles. The van der Waals surface area contributed by atoms with E-state index in [2.05, 4.69) is 19.8 Å². The molecule has 2 aromatic carbocycles. The monoisotopic (exact) mass is 567 g/mol. The normalized spacial score (nSPS) is 13.8. The van der Waals surface area contributed by atoms with E-state index in [4.69, 9.17) is 19.4 Å². The zero-order chi connectivity index (χ0) is 29.1.